The summed E-state index contributed by atoms with van der Waals surface area (Å²) in [5.74, 6) is 0.0178. The highest BCUT2D eigenvalue weighted by atomic mass is 16.5. The number of rotatable bonds is 13. The highest BCUT2D eigenvalue weighted by molar-refractivity contribution is 5.70. The van der Waals surface area contributed by atoms with Gasteiger partial charge in [0.15, 0.2) is 0 Å². The molecule has 7 heteroatoms. The fraction of sp³-hybridized carbons (Fsp3) is 0.682. The van der Waals surface area contributed by atoms with Gasteiger partial charge in [-0.05, 0) is 92.2 Å². The number of benzene rings is 2. The number of hydrogen-bond donors (Lipinski definition) is 2. The van der Waals surface area contributed by atoms with Crippen LogP contribution in [0.1, 0.15) is 124 Å². The van der Waals surface area contributed by atoms with Crippen molar-refractivity contribution < 1.29 is 19.1 Å². The van der Waals surface area contributed by atoms with Crippen LogP contribution >= 0.6 is 0 Å². The van der Waals surface area contributed by atoms with Crippen LogP contribution in [0.3, 0.4) is 0 Å². The predicted molar refractivity (Wildman–Crippen MR) is 207 cm³/mol. The van der Waals surface area contributed by atoms with Crippen LogP contribution in [0.5, 0.6) is 0 Å². The zero-order chi connectivity index (χ0) is 36.9. The molecular formula is C44H67N3O4. The Hall–Kier alpha value is -2.74. The summed E-state index contributed by atoms with van der Waals surface area (Å²) in [6.45, 7) is 19.0. The van der Waals surface area contributed by atoms with E-state index in [1.54, 1.807) is 0 Å². The standard InChI is InChI=1S/C44H67N3O4/c1-41(2)30-37(35(43(5,6)45-41)28-32-18-12-9-13-19-32)50-39(48)24-26-47(34-22-16-11-17-23-34)27-25-40(49)51-38-31-42(3,4)46-44(7,8)36(38)29-33-20-14-10-15-21-33/h9-10,12-15,18-21,34-38,45-46H,11,16-17,22-31H2,1-8H3. The Bertz CT molecular complexity index is 1320. The van der Waals surface area contributed by atoms with E-state index in [1.807, 2.05) is 12.1 Å². The minimum Gasteiger partial charge on any atom is -0.462 e. The van der Waals surface area contributed by atoms with E-state index in [0.717, 1.165) is 38.5 Å². The Morgan fingerprint density at radius 2 is 1.02 bits per heavy atom. The maximum atomic E-state index is 13.7. The van der Waals surface area contributed by atoms with E-state index in [1.165, 1.54) is 30.4 Å². The second-order valence-corrected chi connectivity index (χ2v) is 18.3. The van der Waals surface area contributed by atoms with Gasteiger partial charge in [0.2, 0.25) is 0 Å². The summed E-state index contributed by atoms with van der Waals surface area (Å²) in [4.78, 5) is 29.7. The molecule has 0 amide bonds. The molecule has 3 aliphatic rings. The second kappa shape index (κ2) is 16.5. The molecule has 2 heterocycles. The Morgan fingerprint density at radius 1 is 0.627 bits per heavy atom. The number of ether oxygens (including phenoxy) is 2. The Balaban J connectivity index is 1.22. The molecule has 0 bridgehead atoms. The van der Waals surface area contributed by atoms with E-state index in [2.05, 4.69) is 119 Å². The van der Waals surface area contributed by atoms with Crippen molar-refractivity contribution in [2.24, 2.45) is 11.8 Å². The van der Waals surface area contributed by atoms with Crippen molar-refractivity contribution in [1.82, 2.24) is 15.5 Å². The summed E-state index contributed by atoms with van der Waals surface area (Å²) in [7, 11) is 0. The summed E-state index contributed by atoms with van der Waals surface area (Å²) in [5, 5.41) is 7.66. The van der Waals surface area contributed by atoms with Gasteiger partial charge < -0.3 is 20.1 Å². The molecule has 0 radical (unpaired) electrons. The number of esters is 2. The van der Waals surface area contributed by atoms with Crippen LogP contribution in [-0.4, -0.2) is 70.3 Å². The number of nitrogens with zero attached hydrogens (tertiary/aromatic N) is 1. The lowest BCUT2D eigenvalue weighted by atomic mass is 9.70. The van der Waals surface area contributed by atoms with Crippen molar-refractivity contribution in [3.05, 3.63) is 71.8 Å². The van der Waals surface area contributed by atoms with Crippen molar-refractivity contribution in [2.75, 3.05) is 13.1 Å². The molecule has 4 unspecified atom stereocenters. The van der Waals surface area contributed by atoms with Gasteiger partial charge >= 0.3 is 11.9 Å². The summed E-state index contributed by atoms with van der Waals surface area (Å²) in [6, 6.07) is 21.4. The number of carbonyl (C=O) groups excluding carboxylic acids is 2. The van der Waals surface area contributed by atoms with Crippen LogP contribution in [0.4, 0.5) is 0 Å². The molecule has 4 atom stereocenters. The molecular weight excluding hydrogens is 635 g/mol. The number of piperidine rings is 2. The zero-order valence-electron chi connectivity index (χ0n) is 32.9. The average molecular weight is 702 g/mol. The third kappa shape index (κ3) is 11.1. The molecule has 1 saturated carbocycles. The van der Waals surface area contributed by atoms with Crippen molar-refractivity contribution in [1.29, 1.82) is 0 Å². The first-order valence-electron chi connectivity index (χ1n) is 19.8. The fourth-order valence-corrected chi connectivity index (χ4v) is 9.86. The fourth-order valence-electron chi connectivity index (χ4n) is 9.86. The normalized spacial score (nSPS) is 27.1. The quantitative estimate of drug-likeness (QED) is 0.205. The van der Waals surface area contributed by atoms with Gasteiger partial charge in [0.1, 0.15) is 12.2 Å². The van der Waals surface area contributed by atoms with Gasteiger partial charge in [-0.3, -0.25) is 14.5 Å². The molecule has 0 spiro atoms. The van der Waals surface area contributed by atoms with Gasteiger partial charge in [0.25, 0.3) is 0 Å². The first-order valence-corrected chi connectivity index (χ1v) is 19.8. The van der Waals surface area contributed by atoms with Crippen molar-refractivity contribution in [3.8, 4) is 0 Å². The molecule has 2 aromatic carbocycles. The summed E-state index contributed by atoms with van der Waals surface area (Å²) >= 11 is 0. The minimum atomic E-state index is -0.198. The van der Waals surface area contributed by atoms with Gasteiger partial charge in [-0.2, -0.15) is 0 Å². The van der Waals surface area contributed by atoms with E-state index >= 15 is 0 Å². The number of nitrogens with one attached hydrogen (secondary N) is 2. The van der Waals surface area contributed by atoms with Crippen molar-refractivity contribution in [2.45, 2.75) is 166 Å². The maximum Gasteiger partial charge on any atom is 0.307 e. The molecule has 3 fully saturated rings. The van der Waals surface area contributed by atoms with Gasteiger partial charge in [0.05, 0.1) is 12.8 Å². The van der Waals surface area contributed by atoms with Crippen molar-refractivity contribution in [3.63, 3.8) is 0 Å². The Morgan fingerprint density at radius 3 is 1.41 bits per heavy atom. The van der Waals surface area contributed by atoms with Gasteiger partial charge in [-0.15, -0.1) is 0 Å². The van der Waals surface area contributed by atoms with Crippen molar-refractivity contribution >= 4 is 11.9 Å². The molecule has 2 aromatic rings. The first-order chi connectivity index (χ1) is 24.0. The highest BCUT2D eigenvalue weighted by Crippen LogP contribution is 2.39. The molecule has 2 saturated heterocycles. The molecule has 0 aromatic heterocycles. The molecule has 51 heavy (non-hydrogen) atoms. The largest absolute Gasteiger partial charge is 0.462 e. The second-order valence-electron chi connectivity index (χ2n) is 18.3. The van der Waals surface area contributed by atoms with Crippen LogP contribution in [0.25, 0.3) is 0 Å². The third-order valence-electron chi connectivity index (χ3n) is 12.0. The molecule has 7 nitrogen and oxygen atoms in total. The zero-order valence-corrected chi connectivity index (χ0v) is 32.9. The van der Waals surface area contributed by atoms with Crippen LogP contribution in [0.2, 0.25) is 0 Å². The predicted octanol–water partition coefficient (Wildman–Crippen LogP) is 8.04. The van der Waals surface area contributed by atoms with E-state index < -0.39 is 0 Å². The van der Waals surface area contributed by atoms with Gasteiger partial charge in [-0.1, -0.05) is 79.9 Å². The van der Waals surface area contributed by atoms with Crippen LogP contribution in [-0.2, 0) is 31.9 Å². The Kier molecular flexibility index (Phi) is 12.8. The van der Waals surface area contributed by atoms with Gasteiger partial charge in [0, 0.05) is 66.0 Å². The summed E-state index contributed by atoms with van der Waals surface area (Å²) in [5.41, 5.74) is 1.84. The minimum absolute atomic E-state index is 0.141. The molecule has 2 aliphatic heterocycles. The molecule has 2 N–H and O–H groups in total. The highest BCUT2D eigenvalue weighted by Gasteiger charge is 2.48. The van der Waals surface area contributed by atoms with E-state index in [9.17, 15) is 9.59 Å². The first kappa shape index (κ1) is 39.5. The topological polar surface area (TPSA) is 79.9 Å². The maximum absolute atomic E-state index is 13.7. The SMILES string of the molecule is CC1(C)CC(OC(=O)CCN(CCC(=O)OC2CC(C)(C)NC(C)(C)C2Cc2ccccc2)C2CCCCC2)C(Cc2ccccc2)C(C)(C)N1. The monoisotopic (exact) mass is 702 g/mol. The van der Waals surface area contributed by atoms with E-state index in [0.29, 0.717) is 32.0 Å². The lowest BCUT2D eigenvalue weighted by Gasteiger charge is -2.51. The molecule has 5 rings (SSSR count). The summed E-state index contributed by atoms with van der Waals surface area (Å²) < 4.78 is 12.8. The van der Waals surface area contributed by atoms with Gasteiger partial charge in [-0.25, -0.2) is 0 Å². The van der Waals surface area contributed by atoms with Crippen LogP contribution in [0.15, 0.2) is 60.7 Å². The van der Waals surface area contributed by atoms with E-state index in [-0.39, 0.29) is 58.1 Å². The number of carbonyl (C=O) groups is 2. The lowest BCUT2D eigenvalue weighted by Crippen LogP contribution is -2.65. The molecule has 1 aliphatic carbocycles. The summed E-state index contributed by atoms with van der Waals surface area (Å²) in [6.07, 6.45) is 9.39. The Labute approximate surface area is 309 Å². The average Bonchev–Trinajstić information content (AvgIpc) is 3.04. The van der Waals surface area contributed by atoms with E-state index in [4.69, 9.17) is 9.47 Å². The van der Waals surface area contributed by atoms with Crippen LogP contribution < -0.4 is 10.6 Å². The molecule has 282 valence electrons. The van der Waals surface area contributed by atoms with Crippen LogP contribution in [0, 0.1) is 11.8 Å². The lowest BCUT2D eigenvalue weighted by molar-refractivity contribution is -0.159. The smallest absolute Gasteiger partial charge is 0.307 e. The number of hydrogen-bond acceptors (Lipinski definition) is 7. The third-order valence-corrected chi connectivity index (χ3v) is 12.0.